The third-order valence-corrected chi connectivity index (χ3v) is 5.96. The second kappa shape index (κ2) is 9.30. The summed E-state index contributed by atoms with van der Waals surface area (Å²) in [5.74, 6) is 1.66. The number of hydrogen-bond acceptors (Lipinski definition) is 7. The fourth-order valence-corrected chi connectivity index (χ4v) is 4.43. The van der Waals surface area contributed by atoms with E-state index in [1.807, 2.05) is 6.07 Å². The van der Waals surface area contributed by atoms with Crippen molar-refractivity contribution >= 4 is 17.4 Å². The molecule has 2 unspecified atom stereocenters. The van der Waals surface area contributed by atoms with Crippen molar-refractivity contribution in [1.29, 1.82) is 0 Å². The maximum Gasteiger partial charge on any atom is 0.225 e. The Bertz CT molecular complexity index is 863. The van der Waals surface area contributed by atoms with Crippen molar-refractivity contribution in [2.75, 3.05) is 56.8 Å². The molecule has 160 valence electrons. The Kier molecular flexibility index (Phi) is 6.32. The molecule has 8 heteroatoms. The molecule has 2 atom stereocenters. The van der Waals surface area contributed by atoms with Gasteiger partial charge in [-0.05, 0) is 24.5 Å². The van der Waals surface area contributed by atoms with E-state index in [9.17, 15) is 4.79 Å². The van der Waals surface area contributed by atoms with Gasteiger partial charge in [0.05, 0.1) is 25.3 Å². The molecular weight excluding hydrogens is 382 g/mol. The molecule has 0 aliphatic carbocycles. The number of anilines is 2. The number of ether oxygens (including phenoxy) is 2. The molecule has 1 N–H and O–H groups in total. The number of nitrogens with zero attached hydrogens (tertiary/aromatic N) is 4. The second-order valence-corrected chi connectivity index (χ2v) is 7.71. The number of benzene rings is 1. The van der Waals surface area contributed by atoms with Gasteiger partial charge in [0, 0.05) is 64.0 Å². The van der Waals surface area contributed by atoms with E-state index < -0.39 is 0 Å². The van der Waals surface area contributed by atoms with Crippen LogP contribution in [0.4, 0.5) is 11.5 Å². The molecule has 1 fully saturated rings. The Labute approximate surface area is 177 Å². The summed E-state index contributed by atoms with van der Waals surface area (Å²) < 4.78 is 10.5. The molecular formula is C22H29N5O3. The lowest BCUT2D eigenvalue weighted by Gasteiger charge is -2.49. The predicted octanol–water partition coefficient (Wildman–Crippen LogP) is 1.51. The molecule has 8 nitrogen and oxygen atoms in total. The topological polar surface area (TPSA) is 79.8 Å². The van der Waals surface area contributed by atoms with Crippen molar-refractivity contribution in [2.45, 2.75) is 18.9 Å². The highest BCUT2D eigenvalue weighted by Crippen LogP contribution is 2.38. The molecule has 1 saturated heterocycles. The van der Waals surface area contributed by atoms with Crippen LogP contribution in [0.25, 0.3) is 0 Å². The van der Waals surface area contributed by atoms with E-state index in [-0.39, 0.29) is 17.9 Å². The number of piperazine rings is 1. The van der Waals surface area contributed by atoms with Crippen LogP contribution in [0.1, 0.15) is 12.0 Å². The monoisotopic (exact) mass is 411 g/mol. The van der Waals surface area contributed by atoms with Gasteiger partial charge in [0.1, 0.15) is 11.6 Å². The van der Waals surface area contributed by atoms with E-state index in [0.717, 1.165) is 37.6 Å². The average Bonchev–Trinajstić information content (AvgIpc) is 2.81. The Morgan fingerprint density at radius 2 is 2.17 bits per heavy atom. The van der Waals surface area contributed by atoms with Crippen molar-refractivity contribution in [3.8, 4) is 5.75 Å². The zero-order valence-electron chi connectivity index (χ0n) is 17.6. The van der Waals surface area contributed by atoms with Crippen LogP contribution < -0.4 is 19.9 Å². The van der Waals surface area contributed by atoms with Gasteiger partial charge in [-0.15, -0.1) is 0 Å². The van der Waals surface area contributed by atoms with Crippen LogP contribution in [0, 0.1) is 5.92 Å². The van der Waals surface area contributed by atoms with Crippen molar-refractivity contribution in [3.05, 3.63) is 42.4 Å². The predicted molar refractivity (Wildman–Crippen MR) is 115 cm³/mol. The molecule has 0 spiro atoms. The lowest BCUT2D eigenvalue weighted by molar-refractivity contribution is -0.125. The summed E-state index contributed by atoms with van der Waals surface area (Å²) in [6, 6.07) is 6.21. The summed E-state index contributed by atoms with van der Waals surface area (Å²) >= 11 is 0. The van der Waals surface area contributed by atoms with E-state index in [0.29, 0.717) is 19.6 Å². The fourth-order valence-electron chi connectivity index (χ4n) is 4.43. The first-order valence-electron chi connectivity index (χ1n) is 10.4. The van der Waals surface area contributed by atoms with Crippen molar-refractivity contribution in [2.24, 2.45) is 5.92 Å². The van der Waals surface area contributed by atoms with Crippen LogP contribution in [0.3, 0.4) is 0 Å². The molecule has 0 radical (unpaired) electrons. The smallest absolute Gasteiger partial charge is 0.225 e. The summed E-state index contributed by atoms with van der Waals surface area (Å²) in [5.41, 5.74) is 2.36. The highest BCUT2D eigenvalue weighted by molar-refractivity contribution is 5.82. The molecule has 4 rings (SSSR count). The van der Waals surface area contributed by atoms with E-state index in [2.05, 4.69) is 37.2 Å². The number of amides is 1. The Morgan fingerprint density at radius 3 is 2.93 bits per heavy atom. The lowest BCUT2D eigenvalue weighted by atomic mass is 9.83. The highest BCUT2D eigenvalue weighted by Gasteiger charge is 2.41. The van der Waals surface area contributed by atoms with Gasteiger partial charge in [0.25, 0.3) is 0 Å². The molecule has 2 aliphatic heterocycles. The lowest BCUT2D eigenvalue weighted by Crippen LogP contribution is -2.61. The van der Waals surface area contributed by atoms with Gasteiger partial charge >= 0.3 is 0 Å². The minimum absolute atomic E-state index is 0.0581. The molecule has 1 aromatic heterocycles. The minimum Gasteiger partial charge on any atom is -0.497 e. The van der Waals surface area contributed by atoms with Gasteiger partial charge in [0.2, 0.25) is 5.91 Å². The van der Waals surface area contributed by atoms with E-state index in [4.69, 9.17) is 9.47 Å². The van der Waals surface area contributed by atoms with Gasteiger partial charge in [-0.1, -0.05) is 6.07 Å². The second-order valence-electron chi connectivity index (χ2n) is 7.71. The molecule has 3 heterocycles. The first-order chi connectivity index (χ1) is 14.7. The van der Waals surface area contributed by atoms with Gasteiger partial charge in [-0.25, -0.2) is 4.98 Å². The molecule has 2 aromatic rings. The number of methoxy groups -OCH3 is 2. The van der Waals surface area contributed by atoms with Gasteiger partial charge in [0.15, 0.2) is 0 Å². The number of carbonyl (C=O) groups is 1. The normalized spacial score (nSPS) is 20.3. The highest BCUT2D eigenvalue weighted by atomic mass is 16.5. The number of aromatic nitrogens is 2. The van der Waals surface area contributed by atoms with Crippen molar-refractivity contribution < 1.29 is 14.3 Å². The van der Waals surface area contributed by atoms with Crippen LogP contribution >= 0.6 is 0 Å². The fraction of sp³-hybridized carbons (Fsp3) is 0.500. The molecule has 30 heavy (non-hydrogen) atoms. The maximum atomic E-state index is 13.1. The van der Waals surface area contributed by atoms with Crippen LogP contribution in [-0.2, 0) is 16.0 Å². The van der Waals surface area contributed by atoms with E-state index >= 15 is 0 Å². The van der Waals surface area contributed by atoms with E-state index in [1.165, 1.54) is 11.3 Å². The first-order valence-corrected chi connectivity index (χ1v) is 10.4. The first kappa shape index (κ1) is 20.4. The zero-order valence-corrected chi connectivity index (χ0v) is 17.6. The molecule has 1 amide bonds. The summed E-state index contributed by atoms with van der Waals surface area (Å²) in [5, 5.41) is 3.11. The molecule has 2 aliphatic rings. The van der Waals surface area contributed by atoms with E-state index in [1.54, 1.807) is 32.8 Å². The Balaban J connectivity index is 1.59. The number of carbonyl (C=O) groups excluding carboxylic acids is 1. The standard InChI is InChI=1S/C22H29N5O3/c1-29-11-3-6-25-22(28)18-12-16-4-5-17(30-2)13-19(16)27-10-9-26(15-20(18)27)21-14-23-7-8-24-21/h4-5,7-8,13-14,18,20H,3,6,9-12,15H2,1-2H3,(H,25,28). The zero-order chi connectivity index (χ0) is 20.9. The molecule has 1 aromatic carbocycles. The van der Waals surface area contributed by atoms with Gasteiger partial charge in [-0.2, -0.15) is 0 Å². The maximum absolute atomic E-state index is 13.1. The van der Waals surface area contributed by atoms with Crippen LogP contribution in [-0.4, -0.2) is 68.9 Å². The number of fused-ring (bicyclic) bond motifs is 3. The Hall–Kier alpha value is -2.87. The summed E-state index contributed by atoms with van der Waals surface area (Å²) in [7, 11) is 3.36. The molecule has 0 saturated carbocycles. The Morgan fingerprint density at radius 1 is 1.27 bits per heavy atom. The number of hydrogen-bond donors (Lipinski definition) is 1. The third kappa shape index (κ3) is 4.18. The van der Waals surface area contributed by atoms with Crippen molar-refractivity contribution in [3.63, 3.8) is 0 Å². The van der Waals surface area contributed by atoms with Gasteiger partial charge in [-0.3, -0.25) is 9.78 Å². The summed E-state index contributed by atoms with van der Waals surface area (Å²) in [4.78, 5) is 26.4. The van der Waals surface area contributed by atoms with Crippen molar-refractivity contribution in [1.82, 2.24) is 15.3 Å². The quantitative estimate of drug-likeness (QED) is 0.692. The van der Waals surface area contributed by atoms with Crippen LogP contribution in [0.15, 0.2) is 36.8 Å². The number of rotatable bonds is 7. The van der Waals surface area contributed by atoms with Crippen LogP contribution in [0.2, 0.25) is 0 Å². The summed E-state index contributed by atoms with van der Waals surface area (Å²) in [6.07, 6.45) is 6.70. The summed E-state index contributed by atoms with van der Waals surface area (Å²) in [6.45, 7) is 3.64. The number of nitrogens with one attached hydrogen (secondary N) is 1. The SMILES string of the molecule is COCCCNC(=O)C1Cc2ccc(OC)cc2N2CCN(c3cnccn3)CC12. The average molecular weight is 412 g/mol. The largest absolute Gasteiger partial charge is 0.497 e. The third-order valence-electron chi connectivity index (χ3n) is 5.96. The van der Waals surface area contributed by atoms with Gasteiger partial charge < -0.3 is 24.6 Å². The molecule has 0 bridgehead atoms. The minimum atomic E-state index is -0.132. The van der Waals surface area contributed by atoms with Crippen LogP contribution in [0.5, 0.6) is 5.75 Å².